The van der Waals surface area contributed by atoms with Crippen molar-refractivity contribution >= 4 is 11.8 Å². The van der Waals surface area contributed by atoms with Crippen LogP contribution in [-0.2, 0) is 22.7 Å². The van der Waals surface area contributed by atoms with Crippen molar-refractivity contribution in [2.24, 2.45) is 5.73 Å². The van der Waals surface area contributed by atoms with Crippen LogP contribution in [0.15, 0.2) is 72.8 Å². The molecule has 0 aliphatic carbocycles. The first kappa shape index (κ1) is 21.6. The first-order valence-corrected chi connectivity index (χ1v) is 10.3. The highest BCUT2D eigenvalue weighted by Crippen LogP contribution is 2.24. The molecule has 7 heteroatoms. The molecule has 1 heterocycles. The molecule has 3 N–H and O–H groups in total. The number of amides is 2. The number of carbonyl (C=O) groups excluding carboxylic acids is 2. The summed E-state index contributed by atoms with van der Waals surface area (Å²) in [7, 11) is 0. The number of nitrogens with two attached hydrogens (primary N) is 1. The van der Waals surface area contributed by atoms with E-state index in [1.54, 1.807) is 29.2 Å². The SMILES string of the molecule is N[C@@H](CC(=O)NC(c1ccc(F)cc1)c1ccc(F)cc1)C(=O)N1Cc2ccccc2C1. The van der Waals surface area contributed by atoms with Gasteiger partial charge in [-0.05, 0) is 46.5 Å². The Bertz CT molecular complexity index is 1050. The normalized spacial score (nSPS) is 13.7. The number of hydrogen-bond donors (Lipinski definition) is 2. The average molecular weight is 435 g/mol. The minimum Gasteiger partial charge on any atom is -0.345 e. The van der Waals surface area contributed by atoms with E-state index in [4.69, 9.17) is 5.73 Å². The maximum Gasteiger partial charge on any atom is 0.240 e. The summed E-state index contributed by atoms with van der Waals surface area (Å²) in [6, 6.07) is 17.5. The molecule has 1 aliphatic rings. The summed E-state index contributed by atoms with van der Waals surface area (Å²) in [5.74, 6) is -1.54. The van der Waals surface area contributed by atoms with Crippen LogP contribution >= 0.6 is 0 Å². The van der Waals surface area contributed by atoms with E-state index >= 15 is 0 Å². The second-order valence-electron chi connectivity index (χ2n) is 7.88. The van der Waals surface area contributed by atoms with Crippen LogP contribution in [0.2, 0.25) is 0 Å². The highest BCUT2D eigenvalue weighted by molar-refractivity contribution is 5.88. The molecule has 4 rings (SSSR count). The van der Waals surface area contributed by atoms with Crippen molar-refractivity contribution in [2.45, 2.75) is 31.6 Å². The predicted octanol–water partition coefficient (Wildman–Crippen LogP) is 3.43. The minimum atomic E-state index is -0.994. The van der Waals surface area contributed by atoms with Gasteiger partial charge >= 0.3 is 0 Å². The molecule has 0 spiro atoms. The van der Waals surface area contributed by atoms with Crippen molar-refractivity contribution in [2.75, 3.05) is 0 Å². The summed E-state index contributed by atoms with van der Waals surface area (Å²) in [6.07, 6.45) is -0.204. The number of rotatable bonds is 6. The van der Waals surface area contributed by atoms with Crippen LogP contribution in [0, 0.1) is 11.6 Å². The van der Waals surface area contributed by atoms with Gasteiger partial charge in [0.05, 0.1) is 18.5 Å². The summed E-state index contributed by atoms with van der Waals surface area (Å²) in [4.78, 5) is 27.2. The second-order valence-corrected chi connectivity index (χ2v) is 7.88. The largest absolute Gasteiger partial charge is 0.345 e. The number of halogens is 2. The number of benzene rings is 3. The van der Waals surface area contributed by atoms with Gasteiger partial charge in [-0.1, -0.05) is 48.5 Å². The fraction of sp³-hybridized carbons (Fsp3) is 0.200. The Balaban J connectivity index is 1.44. The summed E-state index contributed by atoms with van der Waals surface area (Å²) >= 11 is 0. The molecule has 0 saturated carbocycles. The van der Waals surface area contributed by atoms with Gasteiger partial charge < -0.3 is 16.0 Å². The van der Waals surface area contributed by atoms with Crippen LogP contribution in [0.5, 0.6) is 0 Å². The third-order valence-corrected chi connectivity index (χ3v) is 5.59. The first-order chi connectivity index (χ1) is 15.4. The van der Waals surface area contributed by atoms with Gasteiger partial charge in [-0.15, -0.1) is 0 Å². The zero-order valence-electron chi connectivity index (χ0n) is 17.3. The van der Waals surface area contributed by atoms with Crippen molar-refractivity contribution in [1.29, 1.82) is 0 Å². The maximum absolute atomic E-state index is 13.4. The monoisotopic (exact) mass is 435 g/mol. The van der Waals surface area contributed by atoms with Crippen molar-refractivity contribution in [3.05, 3.63) is 107 Å². The summed E-state index contributed by atoms with van der Waals surface area (Å²) in [6.45, 7) is 0.941. The van der Waals surface area contributed by atoms with Crippen molar-refractivity contribution < 1.29 is 18.4 Å². The Hall–Kier alpha value is -3.58. The van der Waals surface area contributed by atoms with Gasteiger partial charge in [0.1, 0.15) is 11.6 Å². The Morgan fingerprint density at radius 3 is 1.78 bits per heavy atom. The van der Waals surface area contributed by atoms with E-state index < -0.39 is 29.6 Å². The molecule has 0 radical (unpaired) electrons. The Morgan fingerprint density at radius 2 is 1.31 bits per heavy atom. The van der Waals surface area contributed by atoms with Crippen LogP contribution in [0.4, 0.5) is 8.78 Å². The average Bonchev–Trinajstić information content (AvgIpc) is 3.22. The summed E-state index contributed by atoms with van der Waals surface area (Å²) < 4.78 is 26.8. The van der Waals surface area contributed by atoms with Crippen molar-refractivity contribution in [3.63, 3.8) is 0 Å². The molecule has 2 amide bonds. The first-order valence-electron chi connectivity index (χ1n) is 10.3. The van der Waals surface area contributed by atoms with E-state index in [-0.39, 0.29) is 12.3 Å². The van der Waals surface area contributed by atoms with Crippen molar-refractivity contribution in [3.8, 4) is 0 Å². The predicted molar refractivity (Wildman–Crippen MR) is 116 cm³/mol. The van der Waals surface area contributed by atoms with Gasteiger partial charge in [0.2, 0.25) is 11.8 Å². The van der Waals surface area contributed by atoms with E-state index in [2.05, 4.69) is 5.32 Å². The maximum atomic E-state index is 13.4. The zero-order chi connectivity index (χ0) is 22.7. The summed E-state index contributed by atoms with van der Waals surface area (Å²) in [5, 5.41) is 2.85. The van der Waals surface area contributed by atoms with E-state index in [1.807, 2.05) is 24.3 Å². The van der Waals surface area contributed by atoms with Crippen LogP contribution < -0.4 is 11.1 Å². The van der Waals surface area contributed by atoms with Gasteiger partial charge in [0.25, 0.3) is 0 Å². The van der Waals surface area contributed by atoms with Crippen molar-refractivity contribution in [1.82, 2.24) is 10.2 Å². The topological polar surface area (TPSA) is 75.4 Å². The van der Waals surface area contributed by atoms with Gasteiger partial charge in [0, 0.05) is 13.1 Å². The zero-order valence-corrected chi connectivity index (χ0v) is 17.3. The lowest BCUT2D eigenvalue weighted by Crippen LogP contribution is -2.44. The smallest absolute Gasteiger partial charge is 0.240 e. The third-order valence-electron chi connectivity index (χ3n) is 5.59. The number of hydrogen-bond acceptors (Lipinski definition) is 3. The highest BCUT2D eigenvalue weighted by Gasteiger charge is 2.29. The van der Waals surface area contributed by atoms with Crippen LogP contribution in [0.3, 0.4) is 0 Å². The molecule has 32 heavy (non-hydrogen) atoms. The number of fused-ring (bicyclic) bond motifs is 1. The molecular formula is C25H23F2N3O2. The van der Waals surface area contributed by atoms with Gasteiger partial charge in [-0.2, -0.15) is 0 Å². The van der Waals surface area contributed by atoms with E-state index in [0.29, 0.717) is 24.2 Å². The quantitative estimate of drug-likeness (QED) is 0.623. The van der Waals surface area contributed by atoms with Gasteiger partial charge in [0.15, 0.2) is 0 Å². The Morgan fingerprint density at radius 1 is 0.844 bits per heavy atom. The highest BCUT2D eigenvalue weighted by atomic mass is 19.1. The lowest BCUT2D eigenvalue weighted by atomic mass is 9.98. The van der Waals surface area contributed by atoms with Gasteiger partial charge in [-0.25, -0.2) is 8.78 Å². The molecule has 0 bridgehead atoms. The standard InChI is InChI=1S/C25H23F2N3O2/c26-20-9-5-16(6-10-20)24(17-7-11-21(27)12-8-17)29-23(31)13-22(28)25(32)30-14-18-3-1-2-4-19(18)15-30/h1-12,22,24H,13-15,28H2,(H,29,31)/t22-/m0/s1. The molecule has 1 atom stereocenters. The number of carbonyl (C=O) groups is 2. The minimum absolute atomic E-state index is 0.204. The lowest BCUT2D eigenvalue weighted by molar-refractivity contribution is -0.135. The molecule has 0 unspecified atom stereocenters. The molecule has 0 saturated heterocycles. The van der Waals surface area contributed by atoms with E-state index in [1.165, 1.54) is 24.3 Å². The second kappa shape index (κ2) is 9.28. The number of nitrogens with one attached hydrogen (secondary N) is 1. The molecule has 3 aromatic carbocycles. The van der Waals surface area contributed by atoms with Crippen LogP contribution in [0.1, 0.15) is 34.7 Å². The van der Waals surface area contributed by atoms with Gasteiger partial charge in [-0.3, -0.25) is 9.59 Å². The fourth-order valence-electron chi connectivity index (χ4n) is 3.90. The van der Waals surface area contributed by atoms with Crippen LogP contribution in [0.25, 0.3) is 0 Å². The van der Waals surface area contributed by atoms with E-state index in [0.717, 1.165) is 11.1 Å². The molecule has 0 fully saturated rings. The van der Waals surface area contributed by atoms with Crippen LogP contribution in [-0.4, -0.2) is 22.8 Å². The Labute approximate surface area is 184 Å². The Kier molecular flexibility index (Phi) is 6.28. The molecule has 5 nitrogen and oxygen atoms in total. The molecule has 164 valence electrons. The molecule has 0 aromatic heterocycles. The fourth-order valence-corrected chi connectivity index (χ4v) is 3.90. The van der Waals surface area contributed by atoms with E-state index in [9.17, 15) is 18.4 Å². The lowest BCUT2D eigenvalue weighted by Gasteiger charge is -2.23. The summed E-state index contributed by atoms with van der Waals surface area (Å²) in [5.41, 5.74) is 9.48. The number of nitrogens with zero attached hydrogens (tertiary/aromatic N) is 1. The molecular weight excluding hydrogens is 412 g/mol. The molecule has 3 aromatic rings. The molecule has 1 aliphatic heterocycles. The third kappa shape index (κ3) is 4.84.